The molecule has 2 unspecified atom stereocenters. The lowest BCUT2D eigenvalue weighted by atomic mass is 10.1. The summed E-state index contributed by atoms with van der Waals surface area (Å²) in [7, 11) is -2.28. The lowest BCUT2D eigenvalue weighted by Crippen LogP contribution is -2.55. The van der Waals surface area contributed by atoms with Gasteiger partial charge in [-0.2, -0.15) is 52.3 Å². The number of aryl methyl sites for hydroxylation is 3. The minimum Gasteiger partial charge on any atom is -0.340 e. The fraction of sp³-hybridized carbons (Fsp3) is 0.278. The highest BCUT2D eigenvalue weighted by atomic mass is 35.5. The Bertz CT molecular complexity index is 4190. The molecular formula is C54H54Cl3F3N18O9S6. The molecule has 6 atom stereocenters. The molecule has 6 aromatic heterocycles. The molecule has 3 amide bonds. The van der Waals surface area contributed by atoms with Gasteiger partial charge in [-0.3, -0.25) is 14.4 Å². The number of benzene rings is 3. The van der Waals surface area contributed by atoms with Crippen LogP contribution < -0.4 is 30.1 Å². The number of likely N-dealkylation sites (N-methyl/N-ethyl adjacent to an activating group) is 3. The average Bonchev–Trinajstić information content (AvgIpc) is 1.78. The van der Waals surface area contributed by atoms with Crippen LogP contribution in [-0.4, -0.2) is 139 Å². The van der Waals surface area contributed by atoms with Gasteiger partial charge in [-0.25, -0.2) is 43.1 Å². The third-order valence-electron chi connectivity index (χ3n) is 14.5. The zero-order valence-electron chi connectivity index (χ0n) is 49.2. The lowest BCUT2D eigenvalue weighted by Gasteiger charge is -2.35. The SMILES string of the molecule is CN1C(C(=O)Nc2ccc(F)c(Cl)c2)CC(c2ncc(-c3cn(C)cn3)s2)NS1(=O)=O.CN1[C@@H](C(=O)Nc2ccc(F)c(Cl)c2)C[C@@H](c2ncc(-c3cn(C)cn3)s2)NS1(=O)=O.CN1[C@H](C(=O)Nc2ccc(F)c(Cl)c2)C[C@H](c2ncc(-c3cn(C)cn3)s2)NS1(=O)=O. The second kappa shape index (κ2) is 28.1. The van der Waals surface area contributed by atoms with Crippen LogP contribution in [0.25, 0.3) is 31.7 Å². The van der Waals surface area contributed by atoms with Crippen molar-refractivity contribution >= 4 is 134 Å². The maximum Gasteiger partial charge on any atom is 0.280 e. The van der Waals surface area contributed by atoms with Crippen LogP contribution >= 0.6 is 68.8 Å². The number of thiazole rings is 3. The van der Waals surface area contributed by atoms with Crippen LogP contribution in [0.2, 0.25) is 15.1 Å². The van der Waals surface area contributed by atoms with E-state index in [4.69, 9.17) is 34.8 Å². The van der Waals surface area contributed by atoms with Crippen LogP contribution in [-0.2, 0) is 66.2 Å². The molecular weight excluding hydrogens is 1400 g/mol. The van der Waals surface area contributed by atoms with Gasteiger partial charge >= 0.3 is 0 Å². The van der Waals surface area contributed by atoms with E-state index in [1.54, 1.807) is 51.3 Å². The summed E-state index contributed by atoms with van der Waals surface area (Å²) in [6.45, 7) is 0. The van der Waals surface area contributed by atoms with E-state index in [1.165, 1.54) is 91.6 Å². The van der Waals surface area contributed by atoms with Crippen molar-refractivity contribution in [3.8, 4) is 31.7 Å². The van der Waals surface area contributed by atoms with Crippen LogP contribution in [0.15, 0.2) is 111 Å². The molecule has 9 heterocycles. The van der Waals surface area contributed by atoms with Gasteiger partial charge < -0.3 is 29.7 Å². The molecule has 27 nitrogen and oxygen atoms in total. The topological polar surface area (TPSA) is 328 Å². The highest BCUT2D eigenvalue weighted by Crippen LogP contribution is 2.38. The van der Waals surface area contributed by atoms with Gasteiger partial charge in [0, 0.05) is 96.5 Å². The Kier molecular flexibility index (Phi) is 20.7. The van der Waals surface area contributed by atoms with Gasteiger partial charge in [-0.15, -0.1) is 34.0 Å². The highest BCUT2D eigenvalue weighted by Gasteiger charge is 2.45. The predicted octanol–water partition coefficient (Wildman–Crippen LogP) is 7.66. The summed E-state index contributed by atoms with van der Waals surface area (Å²) in [6, 6.07) is 6.18. The molecule has 6 N–H and O–H groups in total. The van der Waals surface area contributed by atoms with Gasteiger partial charge in [-0.05, 0) is 73.9 Å². The van der Waals surface area contributed by atoms with Crippen LogP contribution in [0, 0.1) is 17.5 Å². The predicted molar refractivity (Wildman–Crippen MR) is 346 cm³/mol. The van der Waals surface area contributed by atoms with E-state index < -0.39 is 102 Å². The van der Waals surface area contributed by atoms with Crippen molar-refractivity contribution in [3.05, 3.63) is 158 Å². The number of nitrogens with zero attached hydrogens (tertiary/aromatic N) is 12. The van der Waals surface area contributed by atoms with Crippen molar-refractivity contribution in [2.45, 2.75) is 55.5 Å². The third-order valence-corrected chi connectivity index (χ3v) is 23.6. The number of anilines is 3. The van der Waals surface area contributed by atoms with Crippen molar-refractivity contribution in [2.75, 3.05) is 37.1 Å². The van der Waals surface area contributed by atoms with Crippen molar-refractivity contribution in [1.29, 1.82) is 0 Å². The number of imidazole rings is 3. The molecule has 3 aliphatic rings. The Balaban J connectivity index is 0.000000153. The number of aromatic nitrogens is 9. The number of halogens is 6. The first-order chi connectivity index (χ1) is 43.9. The summed E-state index contributed by atoms with van der Waals surface area (Å²) in [5.41, 5.74) is 2.98. The largest absolute Gasteiger partial charge is 0.340 e. The number of nitrogens with one attached hydrogen (secondary N) is 6. The Labute approximate surface area is 557 Å². The van der Waals surface area contributed by atoms with Gasteiger partial charge in [0.25, 0.3) is 30.6 Å². The van der Waals surface area contributed by atoms with Crippen LogP contribution in [0.1, 0.15) is 52.4 Å². The van der Waals surface area contributed by atoms with E-state index in [-0.39, 0.29) is 51.4 Å². The quantitative estimate of drug-likeness (QED) is 0.0684. The monoisotopic (exact) mass is 1450 g/mol. The van der Waals surface area contributed by atoms with Gasteiger partial charge in [0.2, 0.25) is 17.7 Å². The molecule has 0 radical (unpaired) electrons. The Morgan fingerprint density at radius 2 is 0.710 bits per heavy atom. The molecule has 3 aromatic carbocycles. The van der Waals surface area contributed by atoms with Gasteiger partial charge in [-0.1, -0.05) is 34.8 Å². The minimum absolute atomic E-state index is 0.146. The van der Waals surface area contributed by atoms with Gasteiger partial charge in [0.15, 0.2) is 0 Å². The molecule has 3 saturated heterocycles. The zero-order chi connectivity index (χ0) is 67.0. The summed E-state index contributed by atoms with van der Waals surface area (Å²) in [6.07, 6.45) is 15.8. The molecule has 3 fully saturated rings. The summed E-state index contributed by atoms with van der Waals surface area (Å²) in [5.74, 6) is -3.51. The maximum atomic E-state index is 13.4. The van der Waals surface area contributed by atoms with E-state index in [0.29, 0.717) is 15.0 Å². The highest BCUT2D eigenvalue weighted by molar-refractivity contribution is 7.87. The van der Waals surface area contributed by atoms with Crippen molar-refractivity contribution < 1.29 is 52.8 Å². The molecule has 39 heteroatoms. The molecule has 0 bridgehead atoms. The van der Waals surface area contributed by atoms with Crippen molar-refractivity contribution in [2.24, 2.45) is 21.1 Å². The lowest BCUT2D eigenvalue weighted by molar-refractivity contribution is -0.120. The molecule has 0 aliphatic carbocycles. The summed E-state index contributed by atoms with van der Waals surface area (Å²) >= 11 is 21.2. The fourth-order valence-electron chi connectivity index (χ4n) is 9.54. The van der Waals surface area contributed by atoms with Crippen molar-refractivity contribution in [1.82, 2.24) is 70.7 Å². The van der Waals surface area contributed by atoms with Crippen LogP contribution in [0.4, 0.5) is 30.2 Å². The minimum atomic E-state index is -3.93. The number of hydrogen-bond acceptors (Lipinski definition) is 18. The summed E-state index contributed by atoms with van der Waals surface area (Å²) in [4.78, 5) is 66.8. The first kappa shape index (κ1) is 68.7. The molecule has 3 aliphatic heterocycles. The smallest absolute Gasteiger partial charge is 0.280 e. The average molecular weight is 1450 g/mol. The van der Waals surface area contributed by atoms with Crippen LogP contribution in [0.3, 0.4) is 0 Å². The molecule has 492 valence electrons. The molecule has 0 spiro atoms. The number of carbonyl (C=O) groups is 3. The molecule has 93 heavy (non-hydrogen) atoms. The number of carbonyl (C=O) groups excluding carboxylic acids is 3. The second-order valence-electron chi connectivity index (χ2n) is 21.1. The van der Waals surface area contributed by atoms with Crippen molar-refractivity contribution in [3.63, 3.8) is 0 Å². The van der Waals surface area contributed by atoms with E-state index in [2.05, 4.69) is 60.0 Å². The Hall–Kier alpha value is -7.14. The molecule has 0 saturated carbocycles. The van der Waals surface area contributed by atoms with Gasteiger partial charge in [0.1, 0.15) is 50.6 Å². The number of hydrogen-bond donors (Lipinski definition) is 6. The zero-order valence-corrected chi connectivity index (χ0v) is 56.4. The number of rotatable bonds is 12. The molecule has 12 rings (SSSR count). The van der Waals surface area contributed by atoms with Gasteiger partial charge in [0.05, 0.1) is 83.9 Å². The first-order valence-corrected chi connectivity index (χ1v) is 35.2. The van der Waals surface area contributed by atoms with E-state index in [1.807, 2.05) is 39.7 Å². The van der Waals surface area contributed by atoms with Crippen LogP contribution in [0.5, 0.6) is 0 Å². The third kappa shape index (κ3) is 16.0. The summed E-state index contributed by atoms with van der Waals surface area (Å²) < 4.78 is 132. The maximum absolute atomic E-state index is 13.4. The van der Waals surface area contributed by atoms with E-state index in [9.17, 15) is 52.8 Å². The Morgan fingerprint density at radius 3 is 0.935 bits per heavy atom. The first-order valence-electron chi connectivity index (χ1n) is 27.3. The standard InChI is InChI=1S/3C18H18ClFN6O3S2/c3*1-25-8-14(22-9-25)16-7-21-18(30-16)13-6-15(26(2)31(28,29)24-13)17(27)23-10-3-4-12(20)11(19)5-10/h3*3-5,7-9,13,15,24H,6H2,1-2H3,(H,23,27)/t2*13-,15+;/m10./s1. The van der Waals surface area contributed by atoms with E-state index in [0.717, 1.165) is 62.8 Å². The molecule has 9 aromatic rings. The number of amides is 3. The Morgan fingerprint density at radius 1 is 0.452 bits per heavy atom. The van der Waals surface area contributed by atoms with E-state index >= 15 is 0 Å². The summed E-state index contributed by atoms with van der Waals surface area (Å²) in [5, 5.41) is 8.94. The fourth-order valence-corrected chi connectivity index (χ4v) is 16.9. The normalized spacial score (nSPS) is 21.2. The second-order valence-corrected chi connectivity index (χ2v) is 30.8.